The molecule has 1 heterocycles. The van der Waals surface area contributed by atoms with Gasteiger partial charge in [-0.2, -0.15) is 5.26 Å². The zero-order valence-corrected chi connectivity index (χ0v) is 11.2. The maximum atomic E-state index is 8.86. The van der Waals surface area contributed by atoms with Gasteiger partial charge in [0.1, 0.15) is 11.2 Å². The maximum Gasteiger partial charge on any atom is 0.147 e. The topological polar surface area (TPSA) is 71.9 Å². The third-order valence-corrected chi connectivity index (χ3v) is 2.16. The number of nitriles is 1. The van der Waals surface area contributed by atoms with Crippen molar-refractivity contribution in [2.75, 3.05) is 12.8 Å². The average Bonchev–Trinajstić information content (AvgIpc) is 2.14. The van der Waals surface area contributed by atoms with E-state index in [-0.39, 0.29) is 42.1 Å². The number of anilines is 1. The predicted molar refractivity (Wildman–Crippen MR) is 68.3 cm³/mol. The number of nitrogens with zero attached hydrogens (tertiary/aromatic N) is 2. The lowest BCUT2D eigenvalue weighted by molar-refractivity contribution is 0.185. The molecule has 1 aromatic heterocycles. The second-order valence-corrected chi connectivity index (χ2v) is 3.16. The number of hydrogen-bond acceptors (Lipinski definition) is 4. The lowest BCUT2D eigenvalue weighted by Crippen LogP contribution is -2.05. The van der Waals surface area contributed by atoms with Gasteiger partial charge < -0.3 is 10.5 Å². The first-order valence-corrected chi connectivity index (χ1v) is 4.33. The van der Waals surface area contributed by atoms with Crippen molar-refractivity contribution in [3.63, 3.8) is 0 Å². The van der Waals surface area contributed by atoms with Crippen LogP contribution in [0.25, 0.3) is 0 Å². The van der Waals surface area contributed by atoms with Crippen LogP contribution in [-0.4, -0.2) is 12.1 Å². The summed E-state index contributed by atoms with van der Waals surface area (Å²) in [5, 5.41) is 9.03. The molecule has 0 spiro atoms. The van der Waals surface area contributed by atoms with Crippen molar-refractivity contribution in [1.29, 1.82) is 5.26 Å². The quantitative estimate of drug-likeness (QED) is 0.847. The average molecular weight is 285 g/mol. The summed E-state index contributed by atoms with van der Waals surface area (Å²) in [6.07, 6.45) is 0. The Bertz CT molecular complexity index is 404. The summed E-state index contributed by atoms with van der Waals surface area (Å²) in [4.78, 5) is 3.95. The van der Waals surface area contributed by atoms with Crippen LogP contribution in [0.4, 0.5) is 5.69 Å². The first kappa shape index (κ1) is 17.7. The Hall–Kier alpha value is -0.730. The third-order valence-electron chi connectivity index (χ3n) is 1.89. The summed E-state index contributed by atoms with van der Waals surface area (Å²) in [7, 11) is 1.53. The highest BCUT2D eigenvalue weighted by atomic mass is 35.5. The largest absolute Gasteiger partial charge is 0.397 e. The van der Waals surface area contributed by atoms with Crippen LogP contribution in [-0.2, 0) is 11.3 Å². The Morgan fingerprint density at radius 3 is 2.50 bits per heavy atom. The maximum absolute atomic E-state index is 8.86. The normalized spacial score (nSPS) is 8.62. The molecule has 90 valence electrons. The molecular formula is C9H12Cl3N3O. The predicted octanol–water partition coefficient (Wildman–Crippen LogP) is 2.49. The molecule has 2 N–H and O–H groups in total. The van der Waals surface area contributed by atoms with E-state index in [1.807, 2.05) is 6.07 Å². The second-order valence-electron chi connectivity index (χ2n) is 2.80. The van der Waals surface area contributed by atoms with Gasteiger partial charge in [0.05, 0.1) is 23.6 Å². The molecule has 1 aromatic rings. The summed E-state index contributed by atoms with van der Waals surface area (Å²) in [6, 6.07) is 1.96. The number of aromatic nitrogens is 1. The smallest absolute Gasteiger partial charge is 0.147 e. The SMILES string of the molecule is COCc1c(N)c(C)nc(Cl)c1C#N.Cl.Cl. The van der Waals surface area contributed by atoms with Crippen molar-refractivity contribution in [2.45, 2.75) is 13.5 Å². The number of hydrogen-bond donors (Lipinski definition) is 1. The van der Waals surface area contributed by atoms with Gasteiger partial charge in [0.25, 0.3) is 0 Å². The Morgan fingerprint density at radius 2 is 2.06 bits per heavy atom. The molecule has 16 heavy (non-hydrogen) atoms. The van der Waals surface area contributed by atoms with Crippen molar-refractivity contribution in [3.8, 4) is 6.07 Å². The fourth-order valence-electron chi connectivity index (χ4n) is 1.15. The van der Waals surface area contributed by atoms with Gasteiger partial charge in [0.2, 0.25) is 0 Å². The van der Waals surface area contributed by atoms with Crippen LogP contribution < -0.4 is 5.73 Å². The minimum Gasteiger partial charge on any atom is -0.397 e. The molecule has 0 bridgehead atoms. The number of halogens is 3. The number of rotatable bonds is 2. The molecule has 0 saturated carbocycles. The summed E-state index contributed by atoms with van der Waals surface area (Å²) >= 11 is 5.80. The Balaban J connectivity index is 0. The number of methoxy groups -OCH3 is 1. The van der Waals surface area contributed by atoms with E-state index < -0.39 is 0 Å². The van der Waals surface area contributed by atoms with Crippen LogP contribution in [0.1, 0.15) is 16.8 Å². The Labute approximate surface area is 112 Å². The van der Waals surface area contributed by atoms with Gasteiger partial charge in [-0.15, -0.1) is 24.8 Å². The highest BCUT2D eigenvalue weighted by Gasteiger charge is 2.14. The summed E-state index contributed by atoms with van der Waals surface area (Å²) < 4.78 is 4.94. The van der Waals surface area contributed by atoms with Crippen molar-refractivity contribution in [1.82, 2.24) is 4.98 Å². The van der Waals surface area contributed by atoms with E-state index in [1.54, 1.807) is 6.92 Å². The second kappa shape index (κ2) is 7.53. The number of aryl methyl sites for hydroxylation is 1. The molecule has 0 unspecified atom stereocenters. The monoisotopic (exact) mass is 283 g/mol. The summed E-state index contributed by atoms with van der Waals surface area (Å²) in [6.45, 7) is 2.00. The van der Waals surface area contributed by atoms with Crippen molar-refractivity contribution >= 4 is 42.1 Å². The number of nitrogens with two attached hydrogens (primary N) is 1. The molecule has 0 saturated heterocycles. The molecule has 0 atom stereocenters. The lowest BCUT2D eigenvalue weighted by atomic mass is 10.1. The van der Waals surface area contributed by atoms with E-state index in [9.17, 15) is 0 Å². The fraction of sp³-hybridized carbons (Fsp3) is 0.333. The van der Waals surface area contributed by atoms with Gasteiger partial charge in [-0.3, -0.25) is 0 Å². The van der Waals surface area contributed by atoms with Gasteiger partial charge >= 0.3 is 0 Å². The highest BCUT2D eigenvalue weighted by Crippen LogP contribution is 2.25. The first-order chi connectivity index (χ1) is 6.61. The molecule has 0 aliphatic carbocycles. The number of pyridine rings is 1. The molecule has 1 rings (SSSR count). The van der Waals surface area contributed by atoms with Crippen LogP contribution in [0.15, 0.2) is 0 Å². The zero-order valence-electron chi connectivity index (χ0n) is 8.78. The molecular weight excluding hydrogens is 272 g/mol. The summed E-state index contributed by atoms with van der Waals surface area (Å²) in [5.74, 6) is 0. The Kier molecular flexibility index (Phi) is 8.31. The molecule has 0 fully saturated rings. The fourth-order valence-corrected chi connectivity index (χ4v) is 1.43. The van der Waals surface area contributed by atoms with Crippen LogP contribution >= 0.6 is 36.4 Å². The summed E-state index contributed by atoms with van der Waals surface area (Å²) in [5.41, 5.74) is 7.73. The van der Waals surface area contributed by atoms with Gasteiger partial charge in [-0.25, -0.2) is 4.98 Å². The van der Waals surface area contributed by atoms with Gasteiger partial charge in [-0.05, 0) is 6.92 Å². The molecule has 7 heteroatoms. The molecule has 0 amide bonds. The highest BCUT2D eigenvalue weighted by molar-refractivity contribution is 6.30. The Morgan fingerprint density at radius 1 is 1.50 bits per heavy atom. The lowest BCUT2D eigenvalue weighted by Gasteiger charge is -2.10. The third kappa shape index (κ3) is 3.39. The molecule has 0 aliphatic heterocycles. The number of ether oxygens (including phenoxy) is 1. The van der Waals surface area contributed by atoms with Crippen molar-refractivity contribution < 1.29 is 4.74 Å². The minimum atomic E-state index is 0. The van der Waals surface area contributed by atoms with Gasteiger partial charge in [-0.1, -0.05) is 11.6 Å². The van der Waals surface area contributed by atoms with Crippen molar-refractivity contribution in [3.05, 3.63) is 22.0 Å². The zero-order chi connectivity index (χ0) is 10.7. The first-order valence-electron chi connectivity index (χ1n) is 3.95. The van der Waals surface area contributed by atoms with Crippen LogP contribution in [0.5, 0.6) is 0 Å². The van der Waals surface area contributed by atoms with Crippen LogP contribution in [0.2, 0.25) is 5.15 Å². The number of nitrogen functional groups attached to an aromatic ring is 1. The van der Waals surface area contributed by atoms with Crippen molar-refractivity contribution in [2.24, 2.45) is 0 Å². The van der Waals surface area contributed by atoms with E-state index in [2.05, 4.69) is 4.98 Å². The van der Waals surface area contributed by atoms with E-state index in [0.29, 0.717) is 16.9 Å². The molecule has 4 nitrogen and oxygen atoms in total. The molecule has 0 aromatic carbocycles. The van der Waals surface area contributed by atoms with Crippen LogP contribution in [0.3, 0.4) is 0 Å². The van der Waals surface area contributed by atoms with E-state index in [0.717, 1.165) is 0 Å². The molecule has 0 aliphatic rings. The van der Waals surface area contributed by atoms with E-state index in [1.165, 1.54) is 7.11 Å². The minimum absolute atomic E-state index is 0. The van der Waals surface area contributed by atoms with Gasteiger partial charge in [0, 0.05) is 12.7 Å². The van der Waals surface area contributed by atoms with E-state index in [4.69, 9.17) is 27.3 Å². The van der Waals surface area contributed by atoms with E-state index >= 15 is 0 Å². The van der Waals surface area contributed by atoms with Crippen LogP contribution in [0, 0.1) is 18.3 Å². The molecule has 0 radical (unpaired) electrons. The standard InChI is InChI=1S/C9H10ClN3O.2ClH/c1-5-8(12)7(4-14-2)6(3-11)9(10)13-5;;/h4,12H2,1-2H3;2*1H. The van der Waals surface area contributed by atoms with Gasteiger partial charge in [0.15, 0.2) is 0 Å².